The molecule has 0 radical (unpaired) electrons. The lowest BCUT2D eigenvalue weighted by Crippen LogP contribution is -2.21. The zero-order valence-electron chi connectivity index (χ0n) is 21.8. The van der Waals surface area contributed by atoms with Gasteiger partial charge in [-0.2, -0.15) is 28.5 Å². The molecule has 0 saturated heterocycles. The van der Waals surface area contributed by atoms with Crippen LogP contribution in [-0.4, -0.2) is 40.6 Å². The number of nitrogens with one attached hydrogen (secondary N) is 1. The third kappa shape index (κ3) is 6.06. The van der Waals surface area contributed by atoms with Gasteiger partial charge < -0.3 is 5.32 Å². The Labute approximate surface area is 227 Å². The van der Waals surface area contributed by atoms with Crippen LogP contribution in [0.3, 0.4) is 0 Å². The SMILES string of the molecule is CC.CC.Cc1cncc2c(-n3ncc(C(=O)Nc4cnc(-n5nccn5)c(Cl)c4)c3C(F)(F)F)cccc12. The van der Waals surface area contributed by atoms with Gasteiger partial charge in [-0.3, -0.25) is 9.78 Å². The number of aromatic nitrogens is 7. The highest BCUT2D eigenvalue weighted by Gasteiger charge is 2.41. The Hall–Kier alpha value is -4.32. The molecule has 0 aliphatic carbocycles. The van der Waals surface area contributed by atoms with Gasteiger partial charge >= 0.3 is 6.18 Å². The minimum absolute atomic E-state index is 0.0850. The summed E-state index contributed by atoms with van der Waals surface area (Å²) < 4.78 is 43.2. The number of rotatable bonds is 4. The summed E-state index contributed by atoms with van der Waals surface area (Å²) in [5, 5.41) is 15.4. The molecule has 204 valence electrons. The van der Waals surface area contributed by atoms with Crippen LogP contribution >= 0.6 is 11.6 Å². The first-order valence-electron chi connectivity index (χ1n) is 12.1. The van der Waals surface area contributed by atoms with Gasteiger partial charge in [-0.15, -0.1) is 4.80 Å². The molecular weight excluding hydrogens is 533 g/mol. The molecule has 0 unspecified atom stereocenters. The molecule has 1 aromatic carbocycles. The maximum atomic E-state index is 14.2. The van der Waals surface area contributed by atoms with E-state index in [2.05, 4.69) is 30.6 Å². The molecule has 0 saturated carbocycles. The molecule has 0 fully saturated rings. The number of carbonyl (C=O) groups excluding carboxylic acids is 1. The minimum Gasteiger partial charge on any atom is -0.320 e. The van der Waals surface area contributed by atoms with Crippen molar-refractivity contribution in [2.75, 3.05) is 5.32 Å². The fraction of sp³-hybridized carbons (Fsp3) is 0.231. The monoisotopic (exact) mass is 558 g/mol. The maximum absolute atomic E-state index is 14.2. The summed E-state index contributed by atoms with van der Waals surface area (Å²) in [5.41, 5.74) is -0.863. The van der Waals surface area contributed by atoms with Crippen molar-refractivity contribution in [3.8, 4) is 11.5 Å². The molecule has 0 spiro atoms. The molecule has 0 aliphatic rings. The highest BCUT2D eigenvalue weighted by molar-refractivity contribution is 6.32. The third-order valence-electron chi connectivity index (χ3n) is 5.18. The Bertz CT molecular complexity index is 1570. The van der Waals surface area contributed by atoms with Gasteiger partial charge in [0.2, 0.25) is 0 Å². The number of carbonyl (C=O) groups is 1. The molecular formula is C26H26ClF3N8O. The zero-order chi connectivity index (χ0) is 28.7. The van der Waals surface area contributed by atoms with Crippen LogP contribution in [-0.2, 0) is 6.18 Å². The molecule has 1 amide bonds. The Morgan fingerprint density at radius 3 is 2.28 bits per heavy atom. The van der Waals surface area contributed by atoms with E-state index in [-0.39, 0.29) is 22.2 Å². The molecule has 9 nitrogen and oxygen atoms in total. The quantitative estimate of drug-likeness (QED) is 0.264. The number of alkyl halides is 3. The van der Waals surface area contributed by atoms with Crippen LogP contribution < -0.4 is 5.32 Å². The van der Waals surface area contributed by atoms with Crippen molar-refractivity contribution in [3.63, 3.8) is 0 Å². The van der Waals surface area contributed by atoms with E-state index >= 15 is 0 Å². The van der Waals surface area contributed by atoms with Crippen LogP contribution in [0.4, 0.5) is 18.9 Å². The topological polar surface area (TPSA) is 103 Å². The van der Waals surface area contributed by atoms with E-state index < -0.39 is 23.3 Å². The summed E-state index contributed by atoms with van der Waals surface area (Å²) in [6.07, 6.45) is 3.16. The summed E-state index contributed by atoms with van der Waals surface area (Å²) in [5.74, 6) is -0.834. The number of benzene rings is 1. The smallest absolute Gasteiger partial charge is 0.320 e. The van der Waals surface area contributed by atoms with Gasteiger partial charge in [-0.25, -0.2) is 9.67 Å². The van der Waals surface area contributed by atoms with Crippen LogP contribution in [0.1, 0.15) is 49.3 Å². The number of pyridine rings is 2. The van der Waals surface area contributed by atoms with Gasteiger partial charge in [0.05, 0.1) is 46.7 Å². The summed E-state index contributed by atoms with van der Waals surface area (Å²) in [7, 11) is 0. The molecule has 0 bridgehead atoms. The van der Waals surface area contributed by atoms with Gasteiger partial charge in [-0.05, 0) is 30.0 Å². The molecule has 0 atom stereocenters. The summed E-state index contributed by atoms with van der Waals surface area (Å²) >= 11 is 6.19. The molecule has 5 aromatic rings. The van der Waals surface area contributed by atoms with Gasteiger partial charge in [0.15, 0.2) is 11.5 Å². The number of fused-ring (bicyclic) bond motifs is 1. The predicted octanol–water partition coefficient (Wildman–Crippen LogP) is 6.68. The minimum atomic E-state index is -4.88. The van der Waals surface area contributed by atoms with Crippen LogP contribution in [0.2, 0.25) is 5.02 Å². The van der Waals surface area contributed by atoms with E-state index in [1.165, 1.54) is 41.7 Å². The standard InChI is InChI=1S/C22H14ClF3N8O.2C2H6/c1-12-8-27-10-15-14(12)3-2-4-18(15)33-19(22(24,25)26)16(11-31-33)21(35)32-13-7-17(23)20(28-9-13)34-29-5-6-30-34;2*1-2/h2-11H,1H3,(H,32,35);2*1-2H3. The molecule has 4 heterocycles. The van der Waals surface area contributed by atoms with Crippen molar-refractivity contribution < 1.29 is 18.0 Å². The van der Waals surface area contributed by atoms with E-state index in [9.17, 15) is 18.0 Å². The van der Waals surface area contributed by atoms with Crippen LogP contribution in [0.5, 0.6) is 0 Å². The number of halogens is 4. The number of nitrogens with zero attached hydrogens (tertiary/aromatic N) is 7. The summed E-state index contributed by atoms with van der Waals surface area (Å²) in [4.78, 5) is 22.2. The number of hydrogen-bond acceptors (Lipinski definition) is 6. The van der Waals surface area contributed by atoms with Crippen molar-refractivity contribution >= 4 is 34.0 Å². The molecule has 13 heteroatoms. The molecule has 4 aromatic heterocycles. The maximum Gasteiger partial charge on any atom is 0.434 e. The van der Waals surface area contributed by atoms with Crippen molar-refractivity contribution in [1.29, 1.82) is 0 Å². The Morgan fingerprint density at radius 2 is 1.64 bits per heavy atom. The first-order valence-corrected chi connectivity index (χ1v) is 12.4. The lowest BCUT2D eigenvalue weighted by molar-refractivity contribution is -0.143. The fourth-order valence-electron chi connectivity index (χ4n) is 3.65. The Balaban J connectivity index is 0.00000100. The van der Waals surface area contributed by atoms with E-state index in [1.54, 1.807) is 25.3 Å². The van der Waals surface area contributed by atoms with Gasteiger partial charge in [0.25, 0.3) is 5.91 Å². The average Bonchev–Trinajstić information content (AvgIpc) is 3.62. The third-order valence-corrected chi connectivity index (χ3v) is 5.46. The second-order valence-corrected chi connectivity index (χ2v) is 7.85. The highest BCUT2D eigenvalue weighted by atomic mass is 35.5. The Morgan fingerprint density at radius 1 is 0.949 bits per heavy atom. The van der Waals surface area contributed by atoms with E-state index in [0.717, 1.165) is 17.1 Å². The largest absolute Gasteiger partial charge is 0.434 e. The average molecular weight is 559 g/mol. The molecule has 1 N–H and O–H groups in total. The van der Waals surface area contributed by atoms with E-state index in [4.69, 9.17) is 11.6 Å². The molecule has 0 aliphatic heterocycles. The fourth-order valence-corrected chi connectivity index (χ4v) is 3.89. The van der Waals surface area contributed by atoms with Crippen LogP contribution in [0.25, 0.3) is 22.3 Å². The number of hydrogen-bond donors (Lipinski definition) is 1. The van der Waals surface area contributed by atoms with Crippen molar-refractivity contribution in [2.45, 2.75) is 40.8 Å². The van der Waals surface area contributed by atoms with E-state index in [0.29, 0.717) is 10.1 Å². The lowest BCUT2D eigenvalue weighted by atomic mass is 10.1. The van der Waals surface area contributed by atoms with Gasteiger partial charge in [0, 0.05) is 17.8 Å². The first-order chi connectivity index (χ1) is 18.7. The number of aryl methyl sites for hydroxylation is 1. The van der Waals surface area contributed by atoms with Crippen molar-refractivity contribution in [2.24, 2.45) is 0 Å². The highest BCUT2D eigenvalue weighted by Crippen LogP contribution is 2.36. The number of amides is 1. The predicted molar refractivity (Wildman–Crippen MR) is 143 cm³/mol. The normalized spacial score (nSPS) is 10.8. The second kappa shape index (κ2) is 12.5. The van der Waals surface area contributed by atoms with Crippen LogP contribution in [0, 0.1) is 6.92 Å². The van der Waals surface area contributed by atoms with Crippen molar-refractivity contribution in [1.82, 2.24) is 34.7 Å². The van der Waals surface area contributed by atoms with Gasteiger partial charge in [-0.1, -0.05) is 51.4 Å². The lowest BCUT2D eigenvalue weighted by Gasteiger charge is -2.15. The van der Waals surface area contributed by atoms with E-state index in [1.807, 2.05) is 27.7 Å². The second-order valence-electron chi connectivity index (χ2n) is 7.45. The zero-order valence-corrected chi connectivity index (χ0v) is 22.6. The van der Waals surface area contributed by atoms with Gasteiger partial charge in [0.1, 0.15) is 0 Å². The van der Waals surface area contributed by atoms with Crippen LogP contribution in [0.15, 0.2) is 61.4 Å². The number of anilines is 1. The first kappa shape index (κ1) is 29.2. The van der Waals surface area contributed by atoms with Crippen molar-refractivity contribution in [3.05, 3.63) is 83.3 Å². The molecule has 5 rings (SSSR count). The molecule has 39 heavy (non-hydrogen) atoms. The Kier molecular flexibility index (Phi) is 9.36. The summed E-state index contributed by atoms with van der Waals surface area (Å²) in [6, 6.07) is 6.22. The summed E-state index contributed by atoms with van der Waals surface area (Å²) in [6.45, 7) is 9.80.